The number of likely N-dealkylation sites (tertiary alicyclic amines) is 1. The molecule has 2 fully saturated rings. The van der Waals surface area contributed by atoms with Crippen LogP contribution < -0.4 is 5.73 Å². The Morgan fingerprint density at radius 2 is 2.00 bits per heavy atom. The summed E-state index contributed by atoms with van der Waals surface area (Å²) in [6.07, 6.45) is 1.46. The van der Waals surface area contributed by atoms with Crippen LogP contribution in [0.15, 0.2) is 0 Å². The zero-order valence-corrected chi connectivity index (χ0v) is 11.5. The van der Waals surface area contributed by atoms with Gasteiger partial charge >= 0.3 is 5.97 Å². The average molecular weight is 270 g/mol. The smallest absolute Gasteiger partial charge is 0.310 e. The molecule has 2 atom stereocenters. The second-order valence-corrected chi connectivity index (χ2v) is 5.70. The Morgan fingerprint density at radius 1 is 1.39 bits per heavy atom. The normalized spacial score (nSPS) is 28.9. The van der Waals surface area contributed by atoms with Crippen molar-refractivity contribution >= 4 is 29.1 Å². The van der Waals surface area contributed by atoms with Crippen LogP contribution in [0.2, 0.25) is 0 Å². The maximum absolute atomic E-state index is 12.4. The number of nitrogens with two attached hydrogens (primary N) is 1. The van der Waals surface area contributed by atoms with Crippen LogP contribution in [-0.4, -0.2) is 42.0 Å². The van der Waals surface area contributed by atoms with Gasteiger partial charge in [-0.3, -0.25) is 9.59 Å². The molecule has 0 aromatic rings. The summed E-state index contributed by atoms with van der Waals surface area (Å²) in [6.45, 7) is 2.94. The van der Waals surface area contributed by atoms with E-state index in [0.717, 1.165) is 12.8 Å². The Hall–Kier alpha value is -1.17. The van der Waals surface area contributed by atoms with Crippen LogP contribution in [-0.2, 0) is 14.3 Å². The van der Waals surface area contributed by atoms with Crippen LogP contribution in [0, 0.1) is 17.3 Å². The van der Waals surface area contributed by atoms with E-state index in [1.54, 1.807) is 4.90 Å². The molecule has 100 valence electrons. The summed E-state index contributed by atoms with van der Waals surface area (Å²) in [5.41, 5.74) is 5.02. The first-order chi connectivity index (χ1) is 8.42. The first-order valence-electron chi connectivity index (χ1n) is 6.09. The summed E-state index contributed by atoms with van der Waals surface area (Å²) in [7, 11) is 1.37. The van der Waals surface area contributed by atoms with E-state index in [-0.39, 0.29) is 28.7 Å². The fraction of sp³-hybridized carbons (Fsp3) is 0.750. The Kier molecular flexibility index (Phi) is 3.31. The molecule has 2 aliphatic rings. The number of carbonyl (C=O) groups excluding carboxylic acids is 2. The van der Waals surface area contributed by atoms with Crippen molar-refractivity contribution in [2.75, 3.05) is 20.2 Å². The average Bonchev–Trinajstić information content (AvgIpc) is 3.06. The van der Waals surface area contributed by atoms with E-state index in [1.165, 1.54) is 7.11 Å². The van der Waals surface area contributed by atoms with Crippen molar-refractivity contribution in [2.45, 2.75) is 19.8 Å². The first-order valence-corrected chi connectivity index (χ1v) is 6.50. The lowest BCUT2D eigenvalue weighted by atomic mass is 9.99. The minimum atomic E-state index is -0.625. The molecule has 2 unspecified atom stereocenters. The number of rotatable bonds is 3. The number of nitrogens with zero attached hydrogens (tertiary/aromatic N) is 1. The van der Waals surface area contributed by atoms with Gasteiger partial charge in [-0.25, -0.2) is 0 Å². The maximum atomic E-state index is 12.4. The molecule has 0 aromatic carbocycles. The summed E-state index contributed by atoms with van der Waals surface area (Å²) < 4.78 is 4.75. The zero-order valence-electron chi connectivity index (χ0n) is 10.6. The highest BCUT2D eigenvalue weighted by atomic mass is 32.1. The van der Waals surface area contributed by atoms with E-state index >= 15 is 0 Å². The molecule has 1 aliphatic carbocycles. The molecule has 2 rings (SSSR count). The zero-order chi connectivity index (χ0) is 13.5. The molecule has 0 bridgehead atoms. The van der Waals surface area contributed by atoms with Gasteiger partial charge in [0.15, 0.2) is 0 Å². The summed E-state index contributed by atoms with van der Waals surface area (Å²) in [5.74, 6) is -0.393. The summed E-state index contributed by atoms with van der Waals surface area (Å²) in [4.78, 5) is 25.9. The first kappa shape index (κ1) is 13.3. The number of amides is 1. The largest absolute Gasteiger partial charge is 0.469 e. The van der Waals surface area contributed by atoms with Crippen molar-refractivity contribution < 1.29 is 14.3 Å². The van der Waals surface area contributed by atoms with Crippen molar-refractivity contribution in [1.29, 1.82) is 0 Å². The third-order valence-electron chi connectivity index (χ3n) is 4.03. The highest BCUT2D eigenvalue weighted by Gasteiger charge is 2.56. The molecule has 1 heterocycles. The lowest BCUT2D eigenvalue weighted by Gasteiger charge is -2.22. The van der Waals surface area contributed by atoms with Crippen LogP contribution in [0.3, 0.4) is 0 Å². The lowest BCUT2D eigenvalue weighted by molar-refractivity contribution is -0.146. The number of esters is 1. The van der Waals surface area contributed by atoms with Gasteiger partial charge in [-0.15, -0.1) is 0 Å². The van der Waals surface area contributed by atoms with Crippen LogP contribution >= 0.6 is 12.2 Å². The SMILES string of the molecule is COC(=O)C1CN(C(=O)C2(C(N)=S)CC2)CC1C. The van der Waals surface area contributed by atoms with Crippen LogP contribution in [0.25, 0.3) is 0 Å². The second-order valence-electron chi connectivity index (χ2n) is 5.26. The van der Waals surface area contributed by atoms with Crippen molar-refractivity contribution in [2.24, 2.45) is 23.0 Å². The minimum absolute atomic E-state index is 0.0201. The van der Waals surface area contributed by atoms with E-state index < -0.39 is 5.41 Å². The highest BCUT2D eigenvalue weighted by molar-refractivity contribution is 7.80. The molecule has 18 heavy (non-hydrogen) atoms. The third kappa shape index (κ3) is 1.98. The summed E-state index contributed by atoms with van der Waals surface area (Å²) in [6, 6.07) is 0. The molecule has 1 saturated carbocycles. The predicted octanol–water partition coefficient (Wildman–Crippen LogP) is 0.320. The number of carbonyl (C=O) groups is 2. The Balaban J connectivity index is 2.07. The van der Waals surface area contributed by atoms with E-state index in [2.05, 4.69) is 0 Å². The van der Waals surface area contributed by atoms with Gasteiger partial charge in [-0.2, -0.15) is 0 Å². The minimum Gasteiger partial charge on any atom is -0.469 e. The van der Waals surface area contributed by atoms with Crippen molar-refractivity contribution in [3.8, 4) is 0 Å². The highest BCUT2D eigenvalue weighted by Crippen LogP contribution is 2.48. The number of methoxy groups -OCH3 is 1. The Bertz CT molecular complexity index is 406. The molecular weight excluding hydrogens is 252 g/mol. The predicted molar refractivity (Wildman–Crippen MR) is 69.7 cm³/mol. The molecule has 5 nitrogen and oxygen atoms in total. The molecule has 6 heteroatoms. The number of hydrogen-bond acceptors (Lipinski definition) is 4. The number of ether oxygens (including phenoxy) is 1. The quantitative estimate of drug-likeness (QED) is 0.590. The van der Waals surface area contributed by atoms with Crippen LogP contribution in [0.4, 0.5) is 0 Å². The summed E-state index contributed by atoms with van der Waals surface area (Å²) in [5, 5.41) is 0. The van der Waals surface area contributed by atoms with Gasteiger partial charge in [0.1, 0.15) is 0 Å². The molecule has 0 spiro atoms. The van der Waals surface area contributed by atoms with Crippen LogP contribution in [0.1, 0.15) is 19.8 Å². The maximum Gasteiger partial charge on any atom is 0.310 e. The van der Waals surface area contributed by atoms with Gasteiger partial charge in [-0.1, -0.05) is 19.1 Å². The Morgan fingerprint density at radius 3 is 2.44 bits per heavy atom. The fourth-order valence-corrected chi connectivity index (χ4v) is 2.88. The second kappa shape index (κ2) is 4.50. The van der Waals surface area contributed by atoms with Gasteiger partial charge in [0.25, 0.3) is 0 Å². The topological polar surface area (TPSA) is 72.6 Å². The molecule has 0 aromatic heterocycles. The molecule has 1 saturated heterocycles. The van der Waals surface area contributed by atoms with E-state index in [0.29, 0.717) is 13.1 Å². The lowest BCUT2D eigenvalue weighted by Crippen LogP contribution is -2.42. The fourth-order valence-electron chi connectivity index (χ4n) is 2.58. The molecular formula is C12H18N2O3S. The molecule has 2 N–H and O–H groups in total. The monoisotopic (exact) mass is 270 g/mol. The van der Waals surface area contributed by atoms with Crippen molar-refractivity contribution in [3.63, 3.8) is 0 Å². The van der Waals surface area contributed by atoms with Gasteiger partial charge in [0, 0.05) is 13.1 Å². The summed E-state index contributed by atoms with van der Waals surface area (Å²) >= 11 is 4.98. The van der Waals surface area contributed by atoms with E-state index in [9.17, 15) is 9.59 Å². The molecule has 0 radical (unpaired) electrons. The van der Waals surface area contributed by atoms with Gasteiger partial charge in [0.2, 0.25) is 5.91 Å². The third-order valence-corrected chi connectivity index (χ3v) is 4.43. The standard InChI is InChI=1S/C12H18N2O3S/c1-7-5-14(6-8(7)9(15)17-2)11(16)12(3-4-12)10(13)18/h7-8H,3-6H2,1-2H3,(H2,13,18). The van der Waals surface area contributed by atoms with Gasteiger partial charge < -0.3 is 15.4 Å². The molecule has 1 aliphatic heterocycles. The number of hydrogen-bond donors (Lipinski definition) is 1. The Labute approximate surface area is 112 Å². The van der Waals surface area contributed by atoms with Crippen molar-refractivity contribution in [3.05, 3.63) is 0 Å². The van der Waals surface area contributed by atoms with Gasteiger partial charge in [0.05, 0.1) is 23.4 Å². The number of thiocarbonyl (C=S) groups is 1. The molecule has 1 amide bonds. The van der Waals surface area contributed by atoms with Gasteiger partial charge in [-0.05, 0) is 18.8 Å². The van der Waals surface area contributed by atoms with E-state index in [1.807, 2.05) is 6.92 Å². The van der Waals surface area contributed by atoms with E-state index in [4.69, 9.17) is 22.7 Å². The van der Waals surface area contributed by atoms with Crippen molar-refractivity contribution in [1.82, 2.24) is 4.90 Å². The van der Waals surface area contributed by atoms with Crippen LogP contribution in [0.5, 0.6) is 0 Å².